The summed E-state index contributed by atoms with van der Waals surface area (Å²) < 4.78 is 1.94. The van der Waals surface area contributed by atoms with Crippen molar-refractivity contribution in [1.82, 2.24) is 20.0 Å². The van der Waals surface area contributed by atoms with Gasteiger partial charge in [-0.05, 0) is 19.4 Å². The highest BCUT2D eigenvalue weighted by Gasteiger charge is 2.06. The van der Waals surface area contributed by atoms with Crippen molar-refractivity contribution < 1.29 is 0 Å². The molecule has 108 valence electrons. The van der Waals surface area contributed by atoms with E-state index in [9.17, 15) is 0 Å². The Morgan fingerprint density at radius 2 is 2.00 bits per heavy atom. The summed E-state index contributed by atoms with van der Waals surface area (Å²) in [7, 11) is 0. The summed E-state index contributed by atoms with van der Waals surface area (Å²) in [5, 5.41) is 15.0. The molecule has 0 radical (unpaired) electrons. The first kappa shape index (κ1) is 13.4. The van der Waals surface area contributed by atoms with Crippen molar-refractivity contribution in [1.29, 1.82) is 0 Å². The lowest BCUT2D eigenvalue weighted by Gasteiger charge is -2.04. The molecule has 0 saturated heterocycles. The zero-order valence-corrected chi connectivity index (χ0v) is 12.3. The van der Waals surface area contributed by atoms with Gasteiger partial charge < -0.3 is 5.32 Å². The van der Waals surface area contributed by atoms with Gasteiger partial charge in [0, 0.05) is 24.0 Å². The minimum atomic E-state index is 0.755. The van der Waals surface area contributed by atoms with E-state index in [0.29, 0.717) is 0 Å². The molecule has 0 spiro atoms. The van der Waals surface area contributed by atoms with Gasteiger partial charge in [-0.25, -0.2) is 0 Å². The molecule has 0 unspecified atom stereocenters. The molecule has 0 saturated carbocycles. The smallest absolute Gasteiger partial charge is 0.0729 e. The van der Waals surface area contributed by atoms with Crippen LogP contribution in [-0.4, -0.2) is 20.0 Å². The molecule has 0 fully saturated rings. The Hall–Kier alpha value is -2.56. The standard InChI is InChI=1S/C16H19N5/c1-12-16(13(2)20-19-12)9-17-15-8-18-21(11-15)10-14-6-4-3-5-7-14/h3-8,11,17H,9-10H2,1-2H3,(H,19,20). The van der Waals surface area contributed by atoms with Gasteiger partial charge in [-0.15, -0.1) is 0 Å². The van der Waals surface area contributed by atoms with Gasteiger partial charge in [-0.1, -0.05) is 30.3 Å². The van der Waals surface area contributed by atoms with E-state index in [4.69, 9.17) is 0 Å². The van der Waals surface area contributed by atoms with E-state index in [1.165, 1.54) is 11.1 Å². The van der Waals surface area contributed by atoms with Gasteiger partial charge in [0.05, 0.1) is 24.1 Å². The first-order valence-corrected chi connectivity index (χ1v) is 7.03. The lowest BCUT2D eigenvalue weighted by atomic mass is 10.2. The summed E-state index contributed by atoms with van der Waals surface area (Å²) in [6.45, 7) is 5.59. The van der Waals surface area contributed by atoms with Crippen LogP contribution >= 0.6 is 0 Å². The molecule has 5 nitrogen and oxygen atoms in total. The fourth-order valence-corrected chi connectivity index (χ4v) is 2.34. The van der Waals surface area contributed by atoms with Crippen molar-refractivity contribution in [3.05, 3.63) is 65.2 Å². The van der Waals surface area contributed by atoms with Crippen LogP contribution in [0.2, 0.25) is 0 Å². The molecule has 3 rings (SSSR count). The Balaban J connectivity index is 1.63. The topological polar surface area (TPSA) is 58.5 Å². The molecule has 0 aliphatic rings. The van der Waals surface area contributed by atoms with Gasteiger partial charge >= 0.3 is 0 Å². The summed E-state index contributed by atoms with van der Waals surface area (Å²) in [4.78, 5) is 0. The van der Waals surface area contributed by atoms with Gasteiger partial charge in [0.1, 0.15) is 0 Å². The van der Waals surface area contributed by atoms with E-state index in [1.807, 2.05) is 49.1 Å². The van der Waals surface area contributed by atoms with E-state index in [-0.39, 0.29) is 0 Å². The number of aromatic amines is 1. The predicted molar refractivity (Wildman–Crippen MR) is 83.2 cm³/mol. The van der Waals surface area contributed by atoms with Crippen molar-refractivity contribution in [2.75, 3.05) is 5.32 Å². The predicted octanol–water partition coefficient (Wildman–Crippen LogP) is 2.88. The fourth-order valence-electron chi connectivity index (χ4n) is 2.34. The lowest BCUT2D eigenvalue weighted by Crippen LogP contribution is -2.01. The number of hydrogen-bond acceptors (Lipinski definition) is 3. The fraction of sp³-hybridized carbons (Fsp3) is 0.250. The number of aromatic nitrogens is 4. The van der Waals surface area contributed by atoms with Gasteiger partial charge in [0.25, 0.3) is 0 Å². The largest absolute Gasteiger partial charge is 0.378 e. The summed E-state index contributed by atoms with van der Waals surface area (Å²) in [5.74, 6) is 0. The first-order chi connectivity index (χ1) is 10.2. The van der Waals surface area contributed by atoms with Crippen molar-refractivity contribution in [2.45, 2.75) is 26.9 Å². The minimum Gasteiger partial charge on any atom is -0.378 e. The van der Waals surface area contributed by atoms with Crippen LogP contribution in [0.25, 0.3) is 0 Å². The molecule has 2 heterocycles. The highest BCUT2D eigenvalue weighted by atomic mass is 15.3. The summed E-state index contributed by atoms with van der Waals surface area (Å²) in [5.41, 5.74) is 5.62. The molecule has 0 bridgehead atoms. The molecule has 0 amide bonds. The third kappa shape index (κ3) is 3.13. The second-order valence-electron chi connectivity index (χ2n) is 5.18. The molecule has 0 aliphatic carbocycles. The van der Waals surface area contributed by atoms with E-state index in [0.717, 1.165) is 30.2 Å². The highest BCUT2D eigenvalue weighted by Crippen LogP contribution is 2.13. The highest BCUT2D eigenvalue weighted by molar-refractivity contribution is 5.40. The summed E-state index contributed by atoms with van der Waals surface area (Å²) in [6.07, 6.45) is 3.88. The molecule has 5 heteroatoms. The van der Waals surface area contributed by atoms with Crippen LogP contribution in [0.15, 0.2) is 42.7 Å². The Morgan fingerprint density at radius 3 is 2.71 bits per heavy atom. The second-order valence-corrected chi connectivity index (χ2v) is 5.18. The Morgan fingerprint density at radius 1 is 1.19 bits per heavy atom. The van der Waals surface area contributed by atoms with Gasteiger partial charge in [-0.2, -0.15) is 10.2 Å². The van der Waals surface area contributed by atoms with Crippen LogP contribution in [0.1, 0.15) is 22.5 Å². The average Bonchev–Trinajstić information content (AvgIpc) is 3.06. The van der Waals surface area contributed by atoms with E-state index >= 15 is 0 Å². The SMILES string of the molecule is Cc1n[nH]c(C)c1CNc1cnn(Cc2ccccc2)c1. The number of H-pyrrole nitrogens is 1. The number of rotatable bonds is 5. The Labute approximate surface area is 124 Å². The molecule has 1 aromatic carbocycles. The normalized spacial score (nSPS) is 10.8. The molecule has 0 aliphatic heterocycles. The van der Waals surface area contributed by atoms with Crippen LogP contribution in [-0.2, 0) is 13.1 Å². The summed E-state index contributed by atoms with van der Waals surface area (Å²) >= 11 is 0. The average molecular weight is 281 g/mol. The van der Waals surface area contributed by atoms with Gasteiger partial charge in [0.2, 0.25) is 0 Å². The lowest BCUT2D eigenvalue weighted by molar-refractivity contribution is 0.687. The van der Waals surface area contributed by atoms with Gasteiger partial charge in [-0.3, -0.25) is 9.78 Å². The number of nitrogens with one attached hydrogen (secondary N) is 2. The van der Waals surface area contributed by atoms with Crippen molar-refractivity contribution >= 4 is 5.69 Å². The van der Waals surface area contributed by atoms with E-state index in [2.05, 4.69) is 32.7 Å². The van der Waals surface area contributed by atoms with E-state index < -0.39 is 0 Å². The van der Waals surface area contributed by atoms with Crippen LogP contribution in [0, 0.1) is 13.8 Å². The zero-order chi connectivity index (χ0) is 14.7. The number of aryl methyl sites for hydroxylation is 2. The molecule has 21 heavy (non-hydrogen) atoms. The number of benzene rings is 1. The monoisotopic (exact) mass is 281 g/mol. The van der Waals surface area contributed by atoms with Crippen molar-refractivity contribution in [3.63, 3.8) is 0 Å². The maximum atomic E-state index is 4.39. The zero-order valence-electron chi connectivity index (χ0n) is 12.3. The minimum absolute atomic E-state index is 0.755. The van der Waals surface area contributed by atoms with Crippen LogP contribution in [0.3, 0.4) is 0 Å². The van der Waals surface area contributed by atoms with E-state index in [1.54, 1.807) is 0 Å². The van der Waals surface area contributed by atoms with Crippen LogP contribution < -0.4 is 5.32 Å². The number of anilines is 1. The maximum Gasteiger partial charge on any atom is 0.0729 e. The molecular formula is C16H19N5. The Kier molecular flexibility index (Phi) is 3.73. The molecule has 2 N–H and O–H groups in total. The third-order valence-electron chi connectivity index (χ3n) is 3.57. The van der Waals surface area contributed by atoms with Crippen LogP contribution in [0.5, 0.6) is 0 Å². The number of hydrogen-bond donors (Lipinski definition) is 2. The third-order valence-corrected chi connectivity index (χ3v) is 3.57. The van der Waals surface area contributed by atoms with Gasteiger partial charge in [0.15, 0.2) is 0 Å². The molecule has 0 atom stereocenters. The van der Waals surface area contributed by atoms with Crippen molar-refractivity contribution in [2.24, 2.45) is 0 Å². The quantitative estimate of drug-likeness (QED) is 0.756. The second kappa shape index (κ2) is 5.83. The molecule has 3 aromatic rings. The van der Waals surface area contributed by atoms with Crippen LogP contribution in [0.4, 0.5) is 5.69 Å². The molecule has 2 aromatic heterocycles. The van der Waals surface area contributed by atoms with Crippen molar-refractivity contribution in [3.8, 4) is 0 Å². The maximum absolute atomic E-state index is 4.39. The first-order valence-electron chi connectivity index (χ1n) is 7.03. The number of nitrogens with zero attached hydrogens (tertiary/aromatic N) is 3. The summed E-state index contributed by atoms with van der Waals surface area (Å²) in [6, 6.07) is 10.3. The molecular weight excluding hydrogens is 262 g/mol. The Bertz CT molecular complexity index is 692.